The van der Waals surface area contributed by atoms with Gasteiger partial charge in [0.1, 0.15) is 17.5 Å². The molecule has 4 atom stereocenters. The molecule has 3 aromatic rings. The number of fused-ring (bicyclic) bond motifs is 5. The summed E-state index contributed by atoms with van der Waals surface area (Å²) < 4.78 is 10.7. The van der Waals surface area contributed by atoms with Gasteiger partial charge >= 0.3 is 0 Å². The van der Waals surface area contributed by atoms with Gasteiger partial charge in [-0.15, -0.1) is 0 Å². The van der Waals surface area contributed by atoms with Gasteiger partial charge in [-0.25, -0.2) is 4.90 Å². The Kier molecular flexibility index (Phi) is 4.78. The van der Waals surface area contributed by atoms with Gasteiger partial charge in [0.05, 0.1) is 36.2 Å². The van der Waals surface area contributed by atoms with Crippen LogP contribution >= 0.6 is 0 Å². The number of nitrogens with zero attached hydrogens (tertiary/aromatic N) is 3. The zero-order chi connectivity index (χ0) is 25.1. The molecule has 10 heteroatoms. The minimum Gasteiger partial charge on any atom is -0.495 e. The number of methoxy groups -OCH3 is 1. The second-order valence-corrected chi connectivity index (χ2v) is 8.78. The number of non-ortho nitro benzene ring substituents is 1. The molecular formula is C26H19N3O7. The van der Waals surface area contributed by atoms with Crippen molar-refractivity contribution in [3.63, 3.8) is 0 Å². The molecule has 180 valence electrons. The Morgan fingerprint density at radius 1 is 1.03 bits per heavy atom. The van der Waals surface area contributed by atoms with Gasteiger partial charge in [-0.3, -0.25) is 24.5 Å². The van der Waals surface area contributed by atoms with E-state index in [-0.39, 0.29) is 22.9 Å². The highest BCUT2D eigenvalue weighted by molar-refractivity contribution is 6.26. The van der Waals surface area contributed by atoms with Gasteiger partial charge in [-0.05, 0) is 29.8 Å². The van der Waals surface area contributed by atoms with E-state index < -0.39 is 46.4 Å². The van der Waals surface area contributed by atoms with Crippen LogP contribution < -0.4 is 14.5 Å². The van der Waals surface area contributed by atoms with E-state index >= 15 is 0 Å². The molecule has 2 fully saturated rings. The number of carbonyl (C=O) groups is 3. The monoisotopic (exact) mass is 485 g/mol. The normalized spacial score (nSPS) is 23.9. The van der Waals surface area contributed by atoms with Gasteiger partial charge in [0.15, 0.2) is 5.76 Å². The smallest absolute Gasteiger partial charge is 0.271 e. The summed E-state index contributed by atoms with van der Waals surface area (Å²) in [4.78, 5) is 55.1. The highest BCUT2D eigenvalue weighted by Crippen LogP contribution is 2.51. The molecule has 10 nitrogen and oxygen atoms in total. The zero-order valence-corrected chi connectivity index (χ0v) is 18.9. The number of hydrogen-bond donors (Lipinski definition) is 0. The third-order valence-electron chi connectivity index (χ3n) is 7.06. The molecule has 3 aliphatic heterocycles. The SMILES string of the molecule is COc1ccc([N+](=O)[O-])cc1N1C(=O)[C@@H]2[C@@H](C1=O)[C@@H](C(=O)c1ccco1)N1c3ccccc3C=C[C@H]21. The predicted molar refractivity (Wildman–Crippen MR) is 128 cm³/mol. The van der Waals surface area contributed by atoms with E-state index in [0.717, 1.165) is 22.2 Å². The lowest BCUT2D eigenvalue weighted by atomic mass is 9.87. The van der Waals surface area contributed by atoms with Crippen molar-refractivity contribution in [3.8, 4) is 5.75 Å². The fourth-order valence-corrected chi connectivity index (χ4v) is 5.58. The first-order valence-corrected chi connectivity index (χ1v) is 11.3. The predicted octanol–water partition coefficient (Wildman–Crippen LogP) is 3.47. The molecule has 0 spiro atoms. The van der Waals surface area contributed by atoms with Crippen LogP contribution in [-0.2, 0) is 9.59 Å². The average Bonchev–Trinajstić information content (AvgIpc) is 3.60. The second kappa shape index (κ2) is 7.91. The minimum atomic E-state index is -1.03. The molecule has 0 N–H and O–H groups in total. The number of ether oxygens (including phenoxy) is 1. The van der Waals surface area contributed by atoms with Gasteiger partial charge in [0.25, 0.3) is 5.69 Å². The number of imide groups is 1. The minimum absolute atomic E-state index is 0.0213. The lowest BCUT2D eigenvalue weighted by molar-refractivity contribution is -0.384. The summed E-state index contributed by atoms with van der Waals surface area (Å²) in [7, 11) is 1.35. The number of amides is 2. The largest absolute Gasteiger partial charge is 0.495 e. The first-order valence-electron chi connectivity index (χ1n) is 11.3. The third kappa shape index (κ3) is 2.94. The van der Waals surface area contributed by atoms with Crippen molar-refractivity contribution in [1.82, 2.24) is 0 Å². The van der Waals surface area contributed by atoms with Crippen LogP contribution in [0, 0.1) is 22.0 Å². The highest BCUT2D eigenvalue weighted by atomic mass is 16.6. The average molecular weight is 485 g/mol. The second-order valence-electron chi connectivity index (χ2n) is 8.78. The Morgan fingerprint density at radius 2 is 1.81 bits per heavy atom. The summed E-state index contributed by atoms with van der Waals surface area (Å²) >= 11 is 0. The lowest BCUT2D eigenvalue weighted by Gasteiger charge is -2.36. The molecule has 0 aliphatic carbocycles. The lowest BCUT2D eigenvalue weighted by Crippen LogP contribution is -2.48. The number of nitro groups is 1. The molecule has 1 aromatic heterocycles. The van der Waals surface area contributed by atoms with Crippen molar-refractivity contribution in [2.45, 2.75) is 12.1 Å². The number of furan rings is 1. The molecule has 0 saturated carbocycles. The Morgan fingerprint density at radius 3 is 2.53 bits per heavy atom. The molecule has 6 rings (SSSR count). The van der Waals surface area contributed by atoms with Crippen LogP contribution in [0.4, 0.5) is 17.1 Å². The van der Waals surface area contributed by atoms with E-state index in [4.69, 9.17) is 9.15 Å². The molecule has 4 heterocycles. The fraction of sp³-hybridized carbons (Fsp3) is 0.192. The van der Waals surface area contributed by atoms with Crippen LogP contribution in [0.1, 0.15) is 16.1 Å². The summed E-state index contributed by atoms with van der Waals surface area (Å²) in [5, 5.41) is 11.4. The molecule has 36 heavy (non-hydrogen) atoms. The van der Waals surface area contributed by atoms with E-state index in [1.165, 1.54) is 31.6 Å². The first-order chi connectivity index (χ1) is 17.4. The van der Waals surface area contributed by atoms with Crippen molar-refractivity contribution in [3.05, 3.63) is 88.4 Å². The number of carbonyl (C=O) groups excluding carboxylic acids is 3. The fourth-order valence-electron chi connectivity index (χ4n) is 5.58. The number of anilines is 2. The zero-order valence-electron chi connectivity index (χ0n) is 18.9. The molecule has 0 bridgehead atoms. The summed E-state index contributed by atoms with van der Waals surface area (Å²) in [6.45, 7) is 0. The van der Waals surface area contributed by atoms with Crippen LogP contribution in [0.25, 0.3) is 6.08 Å². The van der Waals surface area contributed by atoms with Crippen LogP contribution in [-0.4, -0.2) is 41.7 Å². The van der Waals surface area contributed by atoms with Gasteiger partial charge in [-0.1, -0.05) is 30.4 Å². The maximum atomic E-state index is 13.9. The summed E-state index contributed by atoms with van der Waals surface area (Å²) in [5.41, 5.74) is 1.29. The van der Waals surface area contributed by atoms with Gasteiger partial charge in [0, 0.05) is 17.8 Å². The van der Waals surface area contributed by atoms with Crippen LogP contribution in [0.15, 0.2) is 71.4 Å². The maximum absolute atomic E-state index is 13.9. The van der Waals surface area contributed by atoms with Gasteiger partial charge in [0.2, 0.25) is 17.6 Å². The van der Waals surface area contributed by atoms with E-state index in [9.17, 15) is 24.5 Å². The number of hydrogen-bond acceptors (Lipinski definition) is 8. The summed E-state index contributed by atoms with van der Waals surface area (Å²) in [5.74, 6) is -3.27. The van der Waals surface area contributed by atoms with Crippen molar-refractivity contribution in [1.29, 1.82) is 0 Å². The molecule has 0 radical (unpaired) electrons. The molecule has 2 aromatic carbocycles. The summed E-state index contributed by atoms with van der Waals surface area (Å²) in [6, 6.07) is 12.7. The molecule has 2 saturated heterocycles. The number of rotatable bonds is 5. The Balaban J connectivity index is 1.51. The standard InChI is InChI=1S/C26H19N3O7/c1-35-19-11-9-15(29(33)34)13-18(19)28-25(31)21-17-10-8-14-5-2-3-6-16(14)27(17)23(22(21)26(28)32)24(30)20-7-4-12-36-20/h2-13,17,21-23H,1H3/t17-,21+,22-,23+/m1/s1. The molecule has 2 amide bonds. The van der Waals surface area contributed by atoms with Crippen molar-refractivity contribution in [2.75, 3.05) is 16.9 Å². The van der Waals surface area contributed by atoms with Gasteiger partial charge < -0.3 is 14.1 Å². The topological polar surface area (TPSA) is 123 Å². The Labute approximate surface area is 204 Å². The number of para-hydroxylation sites is 1. The maximum Gasteiger partial charge on any atom is 0.271 e. The van der Waals surface area contributed by atoms with Crippen molar-refractivity contribution >= 4 is 40.7 Å². The van der Waals surface area contributed by atoms with Crippen molar-refractivity contribution in [2.24, 2.45) is 11.8 Å². The van der Waals surface area contributed by atoms with E-state index in [1.54, 1.807) is 6.07 Å². The first kappa shape index (κ1) is 21.8. The van der Waals surface area contributed by atoms with Crippen LogP contribution in [0.3, 0.4) is 0 Å². The molecule has 0 unspecified atom stereocenters. The van der Waals surface area contributed by atoms with E-state index in [0.29, 0.717) is 0 Å². The highest BCUT2D eigenvalue weighted by Gasteiger charge is 2.65. The van der Waals surface area contributed by atoms with Crippen molar-refractivity contribution < 1.29 is 28.5 Å². The number of nitro benzene ring substituents is 1. The van der Waals surface area contributed by atoms with Crippen LogP contribution in [0.2, 0.25) is 0 Å². The summed E-state index contributed by atoms with van der Waals surface area (Å²) in [6.07, 6.45) is 5.08. The molecule has 3 aliphatic rings. The van der Waals surface area contributed by atoms with Crippen LogP contribution in [0.5, 0.6) is 5.75 Å². The van der Waals surface area contributed by atoms with E-state index in [2.05, 4.69) is 0 Å². The third-order valence-corrected chi connectivity index (χ3v) is 7.06. The molecular weight excluding hydrogens is 466 g/mol. The number of Topliss-reactive ketones (excluding diaryl/α,β-unsaturated/α-hetero) is 1. The number of ketones is 1. The number of benzene rings is 2. The quantitative estimate of drug-likeness (QED) is 0.233. The van der Waals surface area contributed by atoms with Gasteiger partial charge in [-0.2, -0.15) is 0 Å². The van der Waals surface area contributed by atoms with E-state index in [1.807, 2.05) is 41.3 Å². The Bertz CT molecular complexity index is 1460. The Hall–Kier alpha value is -4.73.